The van der Waals surface area contributed by atoms with Gasteiger partial charge in [0.25, 0.3) is 0 Å². The number of aromatic nitrogens is 2. The van der Waals surface area contributed by atoms with Crippen molar-refractivity contribution in [2.24, 2.45) is 0 Å². The second kappa shape index (κ2) is 6.69. The maximum Gasteiger partial charge on any atom is 0.196 e. The highest BCUT2D eigenvalue weighted by Gasteiger charge is 2.22. The summed E-state index contributed by atoms with van der Waals surface area (Å²) in [4.78, 5) is 20.5. The Kier molecular flexibility index (Phi) is 4.21. The molecule has 0 amide bonds. The molecule has 4 aromatic rings. The molecule has 27 heavy (non-hydrogen) atoms. The summed E-state index contributed by atoms with van der Waals surface area (Å²) in [6.45, 7) is 1.36. The van der Waals surface area contributed by atoms with Gasteiger partial charge in [-0.3, -0.25) is 0 Å². The number of carboxylic acids is 1. The van der Waals surface area contributed by atoms with Gasteiger partial charge >= 0.3 is 0 Å². The number of carboxylic acid groups (broad SMARTS) is 1. The zero-order valence-corrected chi connectivity index (χ0v) is 14.4. The zero-order valence-electron chi connectivity index (χ0n) is 14.4. The normalized spacial score (nSPS) is 13.6. The molecular formula is C20H16N3O4-. The average Bonchev–Trinajstić information content (AvgIpc) is 3.05. The standard InChI is InChI=1S/C20H17N3O4/c1-11(24)15(20(25)26)21-19-17-16(13-9-5-6-10-14(13)27-17)22-18(23-19)12-7-3-2-4-8-12/h2-11,15,24H,1H3,(H,25,26)(H,21,22,23)/p-1/t11-,15-/m0/s1. The van der Waals surface area contributed by atoms with Gasteiger partial charge in [-0.2, -0.15) is 0 Å². The minimum atomic E-state index is -1.44. The third kappa shape index (κ3) is 3.09. The topological polar surface area (TPSA) is 111 Å². The molecule has 4 rings (SSSR count). The van der Waals surface area contributed by atoms with Crippen molar-refractivity contribution >= 4 is 33.9 Å². The zero-order chi connectivity index (χ0) is 19.0. The Bertz CT molecular complexity index is 1120. The fraction of sp³-hybridized carbons (Fsp3) is 0.150. The van der Waals surface area contributed by atoms with Crippen LogP contribution in [0.25, 0.3) is 33.5 Å². The molecule has 0 aliphatic carbocycles. The van der Waals surface area contributed by atoms with Gasteiger partial charge in [-0.1, -0.05) is 42.5 Å². The summed E-state index contributed by atoms with van der Waals surface area (Å²) >= 11 is 0. The number of nitrogens with zero attached hydrogens (tertiary/aromatic N) is 2. The van der Waals surface area contributed by atoms with E-state index < -0.39 is 18.1 Å². The van der Waals surface area contributed by atoms with Crippen molar-refractivity contribution in [2.75, 3.05) is 5.32 Å². The van der Waals surface area contributed by atoms with Crippen molar-refractivity contribution < 1.29 is 19.4 Å². The van der Waals surface area contributed by atoms with E-state index in [1.165, 1.54) is 6.92 Å². The SMILES string of the molecule is C[C@H](O)[C@H](Nc1nc(-c2ccccc2)nc2c1oc1ccccc12)C(=O)[O-]. The fourth-order valence-corrected chi connectivity index (χ4v) is 2.93. The molecule has 0 aliphatic heterocycles. The first kappa shape index (κ1) is 17.0. The van der Waals surface area contributed by atoms with Gasteiger partial charge in [0.05, 0.1) is 18.1 Å². The highest BCUT2D eigenvalue weighted by Crippen LogP contribution is 2.33. The first-order valence-electron chi connectivity index (χ1n) is 8.45. The number of hydrogen-bond acceptors (Lipinski definition) is 7. The van der Waals surface area contributed by atoms with Gasteiger partial charge < -0.3 is 24.7 Å². The fourth-order valence-electron chi connectivity index (χ4n) is 2.93. The van der Waals surface area contributed by atoms with Gasteiger partial charge in [0.1, 0.15) is 11.1 Å². The van der Waals surface area contributed by atoms with Crippen LogP contribution < -0.4 is 10.4 Å². The van der Waals surface area contributed by atoms with E-state index in [-0.39, 0.29) is 5.82 Å². The number of carbonyl (C=O) groups excluding carboxylic acids is 1. The molecule has 0 fully saturated rings. The molecule has 0 saturated heterocycles. The molecule has 2 atom stereocenters. The van der Waals surface area contributed by atoms with Crippen LogP contribution in [0.5, 0.6) is 0 Å². The second-order valence-corrected chi connectivity index (χ2v) is 6.22. The molecule has 0 bridgehead atoms. The average molecular weight is 362 g/mol. The van der Waals surface area contributed by atoms with Crippen LogP contribution in [0.2, 0.25) is 0 Å². The number of nitrogens with one attached hydrogen (secondary N) is 1. The number of rotatable bonds is 5. The third-order valence-corrected chi connectivity index (χ3v) is 4.28. The summed E-state index contributed by atoms with van der Waals surface area (Å²) in [6.07, 6.45) is -1.19. The number of furan rings is 1. The molecule has 0 unspecified atom stereocenters. The smallest absolute Gasteiger partial charge is 0.196 e. The van der Waals surface area contributed by atoms with E-state index in [1.54, 1.807) is 6.07 Å². The maximum atomic E-state index is 11.4. The number of para-hydroxylation sites is 1. The Morgan fingerprint density at radius 3 is 2.52 bits per heavy atom. The quantitative estimate of drug-likeness (QED) is 0.558. The van der Waals surface area contributed by atoms with Gasteiger partial charge in [-0.15, -0.1) is 0 Å². The summed E-state index contributed by atoms with van der Waals surface area (Å²) < 4.78 is 5.85. The number of aliphatic hydroxyl groups excluding tert-OH is 1. The highest BCUT2D eigenvalue weighted by atomic mass is 16.4. The van der Waals surface area contributed by atoms with E-state index in [4.69, 9.17) is 4.42 Å². The number of aliphatic hydroxyl groups is 1. The largest absolute Gasteiger partial charge is 0.548 e. The Labute approximate surface area is 154 Å². The Balaban J connectivity index is 1.96. The minimum Gasteiger partial charge on any atom is -0.548 e. The lowest BCUT2D eigenvalue weighted by molar-refractivity contribution is -0.308. The van der Waals surface area contributed by atoms with Gasteiger partial charge in [0.2, 0.25) is 0 Å². The number of carbonyl (C=O) groups is 1. The molecule has 7 nitrogen and oxygen atoms in total. The Morgan fingerprint density at radius 2 is 1.81 bits per heavy atom. The summed E-state index contributed by atoms with van der Waals surface area (Å²) in [5.74, 6) is -0.834. The molecule has 0 saturated carbocycles. The van der Waals surface area contributed by atoms with E-state index in [1.807, 2.05) is 48.5 Å². The van der Waals surface area contributed by atoms with Crippen molar-refractivity contribution in [3.8, 4) is 11.4 Å². The lowest BCUT2D eigenvalue weighted by atomic mass is 10.1. The monoisotopic (exact) mass is 362 g/mol. The van der Waals surface area contributed by atoms with E-state index in [9.17, 15) is 15.0 Å². The van der Waals surface area contributed by atoms with Crippen molar-refractivity contribution in [2.45, 2.75) is 19.1 Å². The predicted molar refractivity (Wildman–Crippen MR) is 98.8 cm³/mol. The number of fused-ring (bicyclic) bond motifs is 3. The predicted octanol–water partition coefficient (Wildman–Crippen LogP) is 1.95. The van der Waals surface area contributed by atoms with E-state index in [0.717, 1.165) is 10.9 Å². The summed E-state index contributed by atoms with van der Waals surface area (Å²) in [6, 6.07) is 15.4. The van der Waals surface area contributed by atoms with Crippen LogP contribution in [0.4, 0.5) is 5.82 Å². The van der Waals surface area contributed by atoms with Crippen molar-refractivity contribution in [1.82, 2.24) is 9.97 Å². The van der Waals surface area contributed by atoms with Crippen LogP contribution in [0, 0.1) is 0 Å². The molecule has 2 aromatic carbocycles. The van der Waals surface area contributed by atoms with E-state index >= 15 is 0 Å². The molecule has 2 heterocycles. The van der Waals surface area contributed by atoms with Crippen LogP contribution in [0.15, 0.2) is 59.0 Å². The second-order valence-electron chi connectivity index (χ2n) is 6.22. The maximum absolute atomic E-state index is 11.4. The summed E-state index contributed by atoms with van der Waals surface area (Å²) in [5.41, 5.74) is 2.26. The molecule has 136 valence electrons. The summed E-state index contributed by atoms with van der Waals surface area (Å²) in [7, 11) is 0. The van der Waals surface area contributed by atoms with Gasteiger partial charge in [-0.05, 0) is 19.1 Å². The lowest BCUT2D eigenvalue weighted by Gasteiger charge is -2.22. The van der Waals surface area contributed by atoms with Crippen LogP contribution in [-0.2, 0) is 4.79 Å². The number of aliphatic carboxylic acids is 1. The van der Waals surface area contributed by atoms with Crippen LogP contribution in [0.1, 0.15) is 6.92 Å². The van der Waals surface area contributed by atoms with Gasteiger partial charge in [-0.25, -0.2) is 9.97 Å². The number of hydrogen-bond donors (Lipinski definition) is 2. The molecule has 2 aromatic heterocycles. The Morgan fingerprint density at radius 1 is 1.11 bits per heavy atom. The van der Waals surface area contributed by atoms with Gasteiger partial charge in [0.15, 0.2) is 17.2 Å². The molecule has 2 N–H and O–H groups in total. The van der Waals surface area contributed by atoms with Crippen LogP contribution >= 0.6 is 0 Å². The molecule has 0 spiro atoms. The molecular weight excluding hydrogens is 346 g/mol. The minimum absolute atomic E-state index is 0.185. The molecule has 0 aliphatic rings. The first-order chi connectivity index (χ1) is 13.0. The number of benzene rings is 2. The Hall–Kier alpha value is -3.45. The number of anilines is 1. The lowest BCUT2D eigenvalue weighted by Crippen LogP contribution is -2.47. The highest BCUT2D eigenvalue weighted by molar-refractivity contribution is 6.06. The van der Waals surface area contributed by atoms with E-state index in [0.29, 0.717) is 22.5 Å². The van der Waals surface area contributed by atoms with Crippen LogP contribution in [0.3, 0.4) is 0 Å². The first-order valence-corrected chi connectivity index (χ1v) is 8.45. The van der Waals surface area contributed by atoms with Crippen molar-refractivity contribution in [1.29, 1.82) is 0 Å². The van der Waals surface area contributed by atoms with Gasteiger partial charge in [0, 0.05) is 10.9 Å². The van der Waals surface area contributed by atoms with Crippen LogP contribution in [-0.4, -0.2) is 33.2 Å². The third-order valence-electron chi connectivity index (χ3n) is 4.28. The molecule has 0 radical (unpaired) electrons. The summed E-state index contributed by atoms with van der Waals surface area (Å²) in [5, 5.41) is 24.7. The molecule has 7 heteroatoms. The van der Waals surface area contributed by atoms with E-state index in [2.05, 4.69) is 15.3 Å². The van der Waals surface area contributed by atoms with Crippen molar-refractivity contribution in [3.05, 3.63) is 54.6 Å². The van der Waals surface area contributed by atoms with Crippen molar-refractivity contribution in [3.63, 3.8) is 0 Å².